The van der Waals surface area contributed by atoms with E-state index in [9.17, 15) is 8.78 Å². The van der Waals surface area contributed by atoms with Gasteiger partial charge >= 0.3 is 0 Å². The lowest BCUT2D eigenvalue weighted by Crippen LogP contribution is -2.18. The molecule has 4 heteroatoms. The highest BCUT2D eigenvalue weighted by molar-refractivity contribution is 5.41. The number of benzene rings is 2. The zero-order valence-electron chi connectivity index (χ0n) is 12.2. The van der Waals surface area contributed by atoms with E-state index in [0.29, 0.717) is 12.2 Å². The maximum absolute atomic E-state index is 13.6. The second-order valence-electron chi connectivity index (χ2n) is 5.25. The first-order valence-electron chi connectivity index (χ1n) is 6.88. The van der Waals surface area contributed by atoms with Crippen molar-refractivity contribution < 1.29 is 13.5 Å². The number of para-hydroxylation sites is 1. The van der Waals surface area contributed by atoms with Crippen LogP contribution in [-0.4, -0.2) is 6.04 Å². The molecule has 0 spiro atoms. The molecular weight excluding hydrogens is 272 g/mol. The largest absolute Gasteiger partial charge is 0.488 e. The Balaban J connectivity index is 2.21. The summed E-state index contributed by atoms with van der Waals surface area (Å²) in [7, 11) is 0. The van der Waals surface area contributed by atoms with E-state index >= 15 is 0 Å². The van der Waals surface area contributed by atoms with Crippen LogP contribution in [0.5, 0.6) is 5.75 Å². The van der Waals surface area contributed by atoms with Crippen molar-refractivity contribution in [2.24, 2.45) is 5.73 Å². The van der Waals surface area contributed by atoms with Crippen molar-refractivity contribution >= 4 is 0 Å². The molecule has 0 aromatic heterocycles. The highest BCUT2D eigenvalue weighted by atomic mass is 19.2. The van der Waals surface area contributed by atoms with E-state index < -0.39 is 11.6 Å². The summed E-state index contributed by atoms with van der Waals surface area (Å²) in [6.45, 7) is 3.82. The van der Waals surface area contributed by atoms with Gasteiger partial charge in [0.05, 0.1) is 0 Å². The third kappa shape index (κ3) is 3.79. The average Bonchev–Trinajstić information content (AvgIpc) is 2.42. The van der Waals surface area contributed by atoms with E-state index in [2.05, 4.69) is 0 Å². The van der Waals surface area contributed by atoms with E-state index in [4.69, 9.17) is 10.5 Å². The number of ether oxygens (including phenoxy) is 1. The van der Waals surface area contributed by atoms with Crippen LogP contribution in [0.3, 0.4) is 0 Å². The Bertz CT molecular complexity index is 626. The lowest BCUT2D eigenvalue weighted by Gasteiger charge is -2.16. The molecule has 0 aliphatic heterocycles. The predicted molar refractivity (Wildman–Crippen MR) is 79.2 cm³/mol. The molecule has 1 unspecified atom stereocenters. The molecule has 0 aliphatic carbocycles. The van der Waals surface area contributed by atoms with Crippen LogP contribution in [0.2, 0.25) is 0 Å². The second-order valence-corrected chi connectivity index (χ2v) is 5.25. The summed E-state index contributed by atoms with van der Waals surface area (Å²) >= 11 is 0. The Morgan fingerprint density at radius 1 is 1.10 bits per heavy atom. The van der Waals surface area contributed by atoms with Crippen LogP contribution >= 0.6 is 0 Å². The van der Waals surface area contributed by atoms with Gasteiger partial charge in [-0.05, 0) is 37.5 Å². The van der Waals surface area contributed by atoms with Crippen LogP contribution in [-0.2, 0) is 13.0 Å². The molecule has 0 saturated carbocycles. The number of hydrogen-bond acceptors (Lipinski definition) is 2. The smallest absolute Gasteiger partial charge is 0.165 e. The van der Waals surface area contributed by atoms with Gasteiger partial charge in [-0.15, -0.1) is 0 Å². The van der Waals surface area contributed by atoms with Gasteiger partial charge in [-0.3, -0.25) is 0 Å². The highest BCUT2D eigenvalue weighted by Crippen LogP contribution is 2.26. The Morgan fingerprint density at radius 3 is 2.48 bits per heavy atom. The number of nitrogens with two attached hydrogens (primary N) is 1. The molecule has 0 bridgehead atoms. The highest BCUT2D eigenvalue weighted by Gasteiger charge is 2.12. The summed E-state index contributed by atoms with van der Waals surface area (Å²) in [5.41, 5.74) is 7.95. The number of halogens is 2. The van der Waals surface area contributed by atoms with Crippen molar-refractivity contribution in [1.29, 1.82) is 0 Å². The molecule has 2 rings (SSSR count). The van der Waals surface area contributed by atoms with Crippen LogP contribution < -0.4 is 10.5 Å². The SMILES string of the molecule is Cc1cccc(CC(C)N)c1OCc1cccc(F)c1F. The van der Waals surface area contributed by atoms with Gasteiger partial charge in [0.25, 0.3) is 0 Å². The molecular formula is C17H19F2NO. The second kappa shape index (κ2) is 6.68. The van der Waals surface area contributed by atoms with E-state index in [0.717, 1.165) is 17.2 Å². The average molecular weight is 291 g/mol. The first kappa shape index (κ1) is 15.4. The van der Waals surface area contributed by atoms with Crippen LogP contribution in [0.15, 0.2) is 36.4 Å². The first-order valence-corrected chi connectivity index (χ1v) is 6.88. The van der Waals surface area contributed by atoms with Gasteiger partial charge in [0.15, 0.2) is 11.6 Å². The molecule has 0 saturated heterocycles. The topological polar surface area (TPSA) is 35.2 Å². The third-order valence-corrected chi connectivity index (χ3v) is 3.24. The van der Waals surface area contributed by atoms with Gasteiger partial charge in [-0.25, -0.2) is 8.78 Å². The molecule has 0 fully saturated rings. The summed E-state index contributed by atoms with van der Waals surface area (Å²) in [6, 6.07) is 9.87. The van der Waals surface area contributed by atoms with Gasteiger partial charge in [0.2, 0.25) is 0 Å². The molecule has 21 heavy (non-hydrogen) atoms. The Labute approximate surface area is 123 Å². The summed E-state index contributed by atoms with van der Waals surface area (Å²) in [4.78, 5) is 0. The molecule has 112 valence electrons. The zero-order valence-corrected chi connectivity index (χ0v) is 12.2. The fourth-order valence-corrected chi connectivity index (χ4v) is 2.24. The Kier molecular flexibility index (Phi) is 4.91. The van der Waals surface area contributed by atoms with Crippen LogP contribution in [0.4, 0.5) is 8.78 Å². The van der Waals surface area contributed by atoms with Crippen molar-refractivity contribution in [3.8, 4) is 5.75 Å². The maximum Gasteiger partial charge on any atom is 0.165 e. The minimum atomic E-state index is -0.864. The molecule has 2 nitrogen and oxygen atoms in total. The summed E-state index contributed by atoms with van der Waals surface area (Å²) in [5, 5.41) is 0. The maximum atomic E-state index is 13.6. The van der Waals surface area contributed by atoms with Gasteiger partial charge in [0.1, 0.15) is 12.4 Å². The van der Waals surface area contributed by atoms with Gasteiger partial charge in [0, 0.05) is 11.6 Å². The van der Waals surface area contributed by atoms with Gasteiger partial charge in [-0.1, -0.05) is 30.3 Å². The Hall–Kier alpha value is -1.94. The van der Waals surface area contributed by atoms with Gasteiger partial charge in [-0.2, -0.15) is 0 Å². The van der Waals surface area contributed by atoms with Crippen molar-refractivity contribution in [3.05, 3.63) is 64.7 Å². The number of hydrogen-bond donors (Lipinski definition) is 1. The lowest BCUT2D eigenvalue weighted by atomic mass is 10.0. The van der Waals surface area contributed by atoms with E-state index in [1.807, 2.05) is 32.0 Å². The molecule has 1 atom stereocenters. The summed E-state index contributed by atoms with van der Waals surface area (Å²) in [5.74, 6) is -1.03. The van der Waals surface area contributed by atoms with Crippen LogP contribution in [0, 0.1) is 18.6 Å². The van der Waals surface area contributed by atoms with Crippen molar-refractivity contribution in [2.45, 2.75) is 32.9 Å². The van der Waals surface area contributed by atoms with Crippen molar-refractivity contribution in [1.82, 2.24) is 0 Å². The normalized spacial score (nSPS) is 12.2. The van der Waals surface area contributed by atoms with E-state index in [1.165, 1.54) is 12.1 Å². The van der Waals surface area contributed by atoms with E-state index in [1.54, 1.807) is 0 Å². The quantitative estimate of drug-likeness (QED) is 0.910. The van der Waals surface area contributed by atoms with Crippen LogP contribution in [0.1, 0.15) is 23.6 Å². The van der Waals surface area contributed by atoms with E-state index in [-0.39, 0.29) is 18.2 Å². The zero-order chi connectivity index (χ0) is 15.4. The fourth-order valence-electron chi connectivity index (χ4n) is 2.24. The minimum Gasteiger partial charge on any atom is -0.488 e. The molecule has 0 amide bonds. The summed E-state index contributed by atoms with van der Waals surface area (Å²) < 4.78 is 32.6. The molecule has 2 aromatic carbocycles. The van der Waals surface area contributed by atoms with Crippen molar-refractivity contribution in [2.75, 3.05) is 0 Å². The van der Waals surface area contributed by atoms with Crippen molar-refractivity contribution in [3.63, 3.8) is 0 Å². The third-order valence-electron chi connectivity index (χ3n) is 3.24. The van der Waals surface area contributed by atoms with Crippen LogP contribution in [0.25, 0.3) is 0 Å². The monoisotopic (exact) mass is 291 g/mol. The first-order chi connectivity index (χ1) is 9.99. The molecule has 0 radical (unpaired) electrons. The minimum absolute atomic E-state index is 0.0000517. The standard InChI is InChI=1S/C17H19F2NO/c1-11-5-3-6-13(9-12(2)20)17(11)21-10-14-7-4-8-15(18)16(14)19/h3-8,12H,9-10,20H2,1-2H3. The molecule has 2 N–H and O–H groups in total. The molecule has 0 aliphatic rings. The lowest BCUT2D eigenvalue weighted by molar-refractivity contribution is 0.291. The molecule has 2 aromatic rings. The summed E-state index contributed by atoms with van der Waals surface area (Å²) in [6.07, 6.45) is 0.669. The Morgan fingerprint density at radius 2 is 1.76 bits per heavy atom. The number of rotatable bonds is 5. The van der Waals surface area contributed by atoms with Gasteiger partial charge < -0.3 is 10.5 Å². The number of aryl methyl sites for hydroxylation is 1. The predicted octanol–water partition coefficient (Wildman–Crippen LogP) is 3.74. The molecule has 0 heterocycles. The fraction of sp³-hybridized carbons (Fsp3) is 0.294.